The second-order valence-corrected chi connectivity index (χ2v) is 14.5. The zero-order chi connectivity index (χ0) is 31.6. The summed E-state index contributed by atoms with van der Waals surface area (Å²) in [6.45, 7) is 9.41. The Hall–Kier alpha value is -0.790. The van der Waals surface area contributed by atoms with Gasteiger partial charge >= 0.3 is 0 Å². The van der Waals surface area contributed by atoms with Gasteiger partial charge in [-0.15, -0.1) is 0 Å². The number of hydrogen-bond donors (Lipinski definition) is 0. The molecule has 2 heteroatoms. The van der Waals surface area contributed by atoms with Crippen molar-refractivity contribution in [2.75, 3.05) is 0 Å². The first-order valence-corrected chi connectivity index (χ1v) is 20.9. The number of aryl methyl sites for hydroxylation is 2. The first kappa shape index (κ1) is 41.2. The largest absolute Gasteiger partial charge is 0.256 e. The topological polar surface area (TPSA) is 8.81 Å². The molecule has 0 aliphatic rings. The average molecular weight is 616 g/mol. The van der Waals surface area contributed by atoms with Gasteiger partial charge in [0.25, 0.3) is 5.82 Å². The van der Waals surface area contributed by atoms with Gasteiger partial charge in [0.15, 0.2) is 0 Å². The molecule has 0 saturated carbocycles. The summed E-state index contributed by atoms with van der Waals surface area (Å²) in [5.74, 6) is 1.63. The summed E-state index contributed by atoms with van der Waals surface area (Å²) < 4.78 is 5.28. The molecule has 1 aromatic rings. The molecular weight excluding hydrogens is 532 g/mol. The van der Waals surface area contributed by atoms with E-state index in [1.807, 2.05) is 0 Å². The van der Waals surface area contributed by atoms with Crippen LogP contribution in [0.2, 0.25) is 0 Å². The van der Waals surface area contributed by atoms with E-state index >= 15 is 0 Å². The highest BCUT2D eigenvalue weighted by Gasteiger charge is 2.16. The van der Waals surface area contributed by atoms with Crippen LogP contribution in [0, 0.1) is 0 Å². The van der Waals surface area contributed by atoms with Crippen molar-refractivity contribution in [2.24, 2.45) is 0 Å². The molecule has 44 heavy (non-hydrogen) atoms. The quantitative estimate of drug-likeness (QED) is 0.0524. The molecule has 0 atom stereocenters. The first-order valence-electron chi connectivity index (χ1n) is 20.9. The zero-order valence-electron chi connectivity index (χ0n) is 31.0. The summed E-state index contributed by atoms with van der Waals surface area (Å²) in [5.41, 5.74) is 0. The number of aromatic nitrogens is 2. The van der Waals surface area contributed by atoms with Gasteiger partial charge in [-0.25, -0.2) is 9.13 Å². The molecular formula is C42H83N2+. The second kappa shape index (κ2) is 33.6. The van der Waals surface area contributed by atoms with E-state index in [4.69, 9.17) is 0 Å². The van der Waals surface area contributed by atoms with Crippen molar-refractivity contribution in [3.05, 3.63) is 18.2 Å². The fourth-order valence-electron chi connectivity index (χ4n) is 7.03. The normalized spacial score (nSPS) is 11.6. The molecule has 0 saturated heterocycles. The Morgan fingerprint density at radius 1 is 0.386 bits per heavy atom. The fraction of sp³-hybridized carbons (Fsp3) is 0.929. The van der Waals surface area contributed by atoms with E-state index < -0.39 is 0 Å². The molecule has 1 rings (SSSR count). The van der Waals surface area contributed by atoms with Gasteiger partial charge in [0, 0.05) is 6.42 Å². The van der Waals surface area contributed by atoms with Crippen LogP contribution in [0.3, 0.4) is 0 Å². The van der Waals surface area contributed by atoms with Crippen LogP contribution >= 0.6 is 0 Å². The van der Waals surface area contributed by atoms with Crippen molar-refractivity contribution in [3.8, 4) is 0 Å². The lowest BCUT2D eigenvalue weighted by Crippen LogP contribution is -2.37. The Morgan fingerprint density at radius 2 is 0.705 bits per heavy atom. The minimum Gasteiger partial charge on any atom is -0.234 e. The van der Waals surface area contributed by atoms with Crippen LogP contribution in [0.25, 0.3) is 0 Å². The molecule has 0 N–H and O–H groups in total. The Morgan fingerprint density at radius 3 is 1.09 bits per heavy atom. The van der Waals surface area contributed by atoms with Gasteiger partial charge in [-0.05, 0) is 32.1 Å². The fourth-order valence-corrected chi connectivity index (χ4v) is 7.03. The number of rotatable bonds is 36. The predicted molar refractivity (Wildman–Crippen MR) is 198 cm³/mol. The number of hydrogen-bond acceptors (Lipinski definition) is 0. The Balaban J connectivity index is 2.30. The summed E-state index contributed by atoms with van der Waals surface area (Å²) in [6, 6.07) is 0. The van der Waals surface area contributed by atoms with Gasteiger partial charge in [0.2, 0.25) is 0 Å². The standard InChI is InChI=1S/C42H83N2/c1-4-7-10-13-16-19-22-23-25-28-31-34-37-42-43(38-35-32-29-26-21-18-15-12-9-6-3)40-41-44(42)39-36-33-30-27-24-20-17-14-11-8-5-2/h40-41H,4-39H2,1-3H3/q+1. The highest BCUT2D eigenvalue weighted by Crippen LogP contribution is 2.15. The van der Waals surface area contributed by atoms with Gasteiger partial charge in [0.05, 0.1) is 13.1 Å². The monoisotopic (exact) mass is 616 g/mol. The third-order valence-electron chi connectivity index (χ3n) is 10.1. The maximum Gasteiger partial charge on any atom is 0.256 e. The first-order chi connectivity index (χ1) is 21.8. The van der Waals surface area contributed by atoms with E-state index in [1.54, 1.807) is 5.82 Å². The van der Waals surface area contributed by atoms with Crippen molar-refractivity contribution in [1.29, 1.82) is 0 Å². The molecule has 1 aromatic heterocycles. The molecule has 2 nitrogen and oxygen atoms in total. The van der Waals surface area contributed by atoms with E-state index in [1.165, 1.54) is 231 Å². The van der Waals surface area contributed by atoms with E-state index in [0.29, 0.717) is 0 Å². The Bertz CT molecular complexity index is 677. The van der Waals surface area contributed by atoms with Crippen LogP contribution < -0.4 is 4.57 Å². The van der Waals surface area contributed by atoms with Gasteiger partial charge in [-0.3, -0.25) is 0 Å². The molecule has 0 unspecified atom stereocenters. The highest BCUT2D eigenvalue weighted by atomic mass is 15.1. The number of imidazole rings is 1. The lowest BCUT2D eigenvalue weighted by Gasteiger charge is -2.07. The van der Waals surface area contributed by atoms with Gasteiger partial charge < -0.3 is 0 Å². The Labute approximate surface area is 279 Å². The number of unbranched alkanes of at least 4 members (excludes halogenated alkanes) is 30. The maximum atomic E-state index is 2.64. The van der Waals surface area contributed by atoms with Crippen molar-refractivity contribution >= 4 is 0 Å². The molecule has 0 aliphatic heterocycles. The number of nitrogens with zero attached hydrogens (tertiary/aromatic N) is 2. The molecule has 0 aromatic carbocycles. The van der Waals surface area contributed by atoms with Gasteiger partial charge in [0.1, 0.15) is 12.4 Å². The minimum absolute atomic E-state index is 1.23. The van der Waals surface area contributed by atoms with Gasteiger partial charge in [-0.2, -0.15) is 0 Å². The molecule has 0 aliphatic carbocycles. The van der Waals surface area contributed by atoms with Crippen LogP contribution in [0.4, 0.5) is 0 Å². The molecule has 260 valence electrons. The van der Waals surface area contributed by atoms with Crippen molar-refractivity contribution in [2.45, 2.75) is 252 Å². The van der Waals surface area contributed by atoms with Crippen molar-refractivity contribution < 1.29 is 4.57 Å². The summed E-state index contributed by atoms with van der Waals surface area (Å²) >= 11 is 0. The van der Waals surface area contributed by atoms with Gasteiger partial charge in [-0.1, -0.05) is 201 Å². The summed E-state index contributed by atoms with van der Waals surface area (Å²) in [6.07, 6.45) is 53.4. The SMILES string of the molecule is CCCCCCCCCCCCCCc1n(CCCCCCCCCCCC)cc[n+]1CCCCCCCCCCCCC. The molecule has 0 radical (unpaired) electrons. The molecule has 1 heterocycles. The molecule has 0 bridgehead atoms. The van der Waals surface area contributed by atoms with Crippen LogP contribution in [0.15, 0.2) is 12.4 Å². The lowest BCUT2D eigenvalue weighted by atomic mass is 10.0. The zero-order valence-corrected chi connectivity index (χ0v) is 31.0. The summed E-state index contributed by atoms with van der Waals surface area (Å²) in [7, 11) is 0. The van der Waals surface area contributed by atoms with Crippen LogP contribution in [-0.4, -0.2) is 4.57 Å². The van der Waals surface area contributed by atoms with E-state index in [2.05, 4.69) is 42.3 Å². The maximum absolute atomic E-state index is 2.64. The van der Waals surface area contributed by atoms with E-state index in [0.717, 1.165) is 0 Å². The van der Waals surface area contributed by atoms with Crippen LogP contribution in [-0.2, 0) is 19.5 Å². The minimum atomic E-state index is 1.23. The molecule has 0 fully saturated rings. The molecule has 0 amide bonds. The van der Waals surface area contributed by atoms with Crippen molar-refractivity contribution in [1.82, 2.24) is 4.57 Å². The van der Waals surface area contributed by atoms with Crippen LogP contribution in [0.1, 0.15) is 238 Å². The summed E-state index contributed by atoms with van der Waals surface area (Å²) in [5, 5.41) is 0. The lowest BCUT2D eigenvalue weighted by molar-refractivity contribution is -0.704. The van der Waals surface area contributed by atoms with Crippen LogP contribution in [0.5, 0.6) is 0 Å². The highest BCUT2D eigenvalue weighted by molar-refractivity contribution is 4.84. The third-order valence-corrected chi connectivity index (χ3v) is 10.1. The Kier molecular flexibility index (Phi) is 31.5. The summed E-state index contributed by atoms with van der Waals surface area (Å²) in [4.78, 5) is 0. The second-order valence-electron chi connectivity index (χ2n) is 14.5. The smallest absolute Gasteiger partial charge is 0.234 e. The molecule has 0 spiro atoms. The van der Waals surface area contributed by atoms with E-state index in [-0.39, 0.29) is 0 Å². The third kappa shape index (κ3) is 25.4. The predicted octanol–water partition coefficient (Wildman–Crippen LogP) is 14.3. The van der Waals surface area contributed by atoms with E-state index in [9.17, 15) is 0 Å². The van der Waals surface area contributed by atoms with Crippen molar-refractivity contribution in [3.63, 3.8) is 0 Å². The average Bonchev–Trinajstić information content (AvgIpc) is 3.42.